The highest BCUT2D eigenvalue weighted by Crippen LogP contribution is 2.34. The Morgan fingerprint density at radius 1 is 1.20 bits per heavy atom. The Morgan fingerprint density at radius 2 is 1.97 bits per heavy atom. The molecular weight excluding hydrogens is 403 g/mol. The van der Waals surface area contributed by atoms with E-state index in [-0.39, 0.29) is 11.6 Å². The third-order valence-corrected chi connectivity index (χ3v) is 6.51. The number of para-hydroxylation sites is 1. The number of aryl methyl sites for hydroxylation is 2. The quantitative estimate of drug-likeness (QED) is 0.568. The highest BCUT2D eigenvalue weighted by molar-refractivity contribution is 7.18. The number of morpholine rings is 1. The van der Waals surface area contributed by atoms with Crippen LogP contribution < -0.4 is 9.64 Å². The Balaban J connectivity index is 1.55. The van der Waals surface area contributed by atoms with Crippen molar-refractivity contribution < 1.29 is 13.9 Å². The SMILES string of the molecule is Cc1sc2nc(CN3CCOCC3)nc(N(C)CCOc3ccccc3F)c2c1C. The Morgan fingerprint density at radius 3 is 2.73 bits per heavy atom. The predicted octanol–water partition coefficient (Wildman–Crippen LogP) is 3.79. The number of fused-ring (bicyclic) bond motifs is 1. The second-order valence-corrected chi connectivity index (χ2v) is 8.72. The number of nitrogens with zero attached hydrogens (tertiary/aromatic N) is 4. The van der Waals surface area contributed by atoms with Crippen LogP contribution in [-0.4, -0.2) is 61.4 Å². The van der Waals surface area contributed by atoms with Gasteiger partial charge in [-0.3, -0.25) is 4.90 Å². The molecule has 0 N–H and O–H groups in total. The number of benzene rings is 1. The molecule has 0 bridgehead atoms. The van der Waals surface area contributed by atoms with Crippen LogP contribution in [0, 0.1) is 19.7 Å². The molecule has 3 heterocycles. The summed E-state index contributed by atoms with van der Waals surface area (Å²) in [6.45, 7) is 9.19. The topological polar surface area (TPSA) is 50.7 Å². The van der Waals surface area contributed by atoms with Crippen molar-refractivity contribution >= 4 is 27.4 Å². The van der Waals surface area contributed by atoms with Gasteiger partial charge in [-0.2, -0.15) is 0 Å². The van der Waals surface area contributed by atoms with Crippen molar-refractivity contribution in [2.24, 2.45) is 0 Å². The lowest BCUT2D eigenvalue weighted by molar-refractivity contribution is 0.0331. The third kappa shape index (κ3) is 4.55. The van der Waals surface area contributed by atoms with Crippen molar-refractivity contribution in [2.75, 3.05) is 51.4 Å². The first-order chi connectivity index (χ1) is 14.5. The highest BCUT2D eigenvalue weighted by Gasteiger charge is 2.19. The van der Waals surface area contributed by atoms with Crippen LogP contribution in [0.5, 0.6) is 5.75 Å². The fourth-order valence-corrected chi connectivity index (χ4v) is 4.58. The average Bonchev–Trinajstić information content (AvgIpc) is 3.03. The van der Waals surface area contributed by atoms with Gasteiger partial charge in [-0.05, 0) is 31.5 Å². The molecule has 0 unspecified atom stereocenters. The molecule has 0 atom stereocenters. The minimum Gasteiger partial charge on any atom is -0.489 e. The van der Waals surface area contributed by atoms with E-state index in [0.717, 1.165) is 48.2 Å². The van der Waals surface area contributed by atoms with Crippen LogP contribution >= 0.6 is 11.3 Å². The van der Waals surface area contributed by atoms with E-state index in [1.54, 1.807) is 29.5 Å². The lowest BCUT2D eigenvalue weighted by Gasteiger charge is -2.26. The van der Waals surface area contributed by atoms with Gasteiger partial charge < -0.3 is 14.4 Å². The van der Waals surface area contributed by atoms with Gasteiger partial charge in [-0.1, -0.05) is 12.1 Å². The Bertz CT molecular complexity index is 1020. The molecule has 0 saturated carbocycles. The van der Waals surface area contributed by atoms with Crippen molar-refractivity contribution in [3.8, 4) is 5.75 Å². The maximum absolute atomic E-state index is 13.8. The minimum atomic E-state index is -0.346. The number of thiophene rings is 1. The maximum Gasteiger partial charge on any atom is 0.165 e. The molecule has 0 aliphatic carbocycles. The van der Waals surface area contributed by atoms with Crippen LogP contribution in [0.4, 0.5) is 10.2 Å². The summed E-state index contributed by atoms with van der Waals surface area (Å²) in [7, 11) is 2.00. The average molecular weight is 431 g/mol. The lowest BCUT2D eigenvalue weighted by atomic mass is 10.2. The first-order valence-corrected chi connectivity index (χ1v) is 11.0. The summed E-state index contributed by atoms with van der Waals surface area (Å²) in [5, 5.41) is 1.09. The minimum absolute atomic E-state index is 0.272. The van der Waals surface area contributed by atoms with E-state index >= 15 is 0 Å². The molecule has 2 aromatic heterocycles. The van der Waals surface area contributed by atoms with Gasteiger partial charge in [0.2, 0.25) is 0 Å². The number of hydrogen-bond acceptors (Lipinski definition) is 7. The van der Waals surface area contributed by atoms with Crippen LogP contribution in [0.25, 0.3) is 10.2 Å². The van der Waals surface area contributed by atoms with Crippen molar-refractivity contribution in [3.63, 3.8) is 0 Å². The summed E-state index contributed by atoms with van der Waals surface area (Å²) in [5.41, 5.74) is 1.21. The number of aromatic nitrogens is 2. The van der Waals surface area contributed by atoms with E-state index in [0.29, 0.717) is 19.7 Å². The Labute approximate surface area is 180 Å². The van der Waals surface area contributed by atoms with E-state index in [9.17, 15) is 4.39 Å². The molecule has 1 saturated heterocycles. The molecule has 1 aromatic carbocycles. The Hall–Kier alpha value is -2.29. The fourth-order valence-electron chi connectivity index (χ4n) is 3.54. The number of ether oxygens (including phenoxy) is 2. The second kappa shape index (κ2) is 9.24. The number of halogens is 1. The van der Waals surface area contributed by atoms with Crippen molar-refractivity contribution in [2.45, 2.75) is 20.4 Å². The van der Waals surface area contributed by atoms with Gasteiger partial charge in [0.15, 0.2) is 11.6 Å². The van der Waals surface area contributed by atoms with Gasteiger partial charge in [-0.25, -0.2) is 14.4 Å². The molecule has 6 nitrogen and oxygen atoms in total. The number of rotatable bonds is 7. The lowest BCUT2D eigenvalue weighted by Crippen LogP contribution is -2.36. The van der Waals surface area contributed by atoms with Crippen molar-refractivity contribution in [1.82, 2.24) is 14.9 Å². The van der Waals surface area contributed by atoms with Crippen LogP contribution in [0.2, 0.25) is 0 Å². The summed E-state index contributed by atoms with van der Waals surface area (Å²) < 4.78 is 24.9. The van der Waals surface area contributed by atoms with Crippen LogP contribution in [-0.2, 0) is 11.3 Å². The number of anilines is 1. The first kappa shape index (κ1) is 21.0. The van der Waals surface area contributed by atoms with Gasteiger partial charge in [0.05, 0.1) is 31.7 Å². The summed E-state index contributed by atoms with van der Waals surface area (Å²) in [4.78, 5) is 16.4. The molecule has 3 aromatic rings. The molecule has 1 aliphatic heterocycles. The van der Waals surface area contributed by atoms with Crippen LogP contribution in [0.1, 0.15) is 16.3 Å². The summed E-state index contributed by atoms with van der Waals surface area (Å²) in [5.74, 6) is 1.65. The molecular formula is C22H27FN4O2S. The molecule has 1 aliphatic rings. The molecule has 4 rings (SSSR count). The first-order valence-electron chi connectivity index (χ1n) is 10.2. The molecule has 160 valence electrons. The molecule has 0 spiro atoms. The Kier molecular flexibility index (Phi) is 6.46. The monoisotopic (exact) mass is 430 g/mol. The number of likely N-dealkylation sites (N-methyl/N-ethyl adjacent to an activating group) is 1. The van der Waals surface area contributed by atoms with Crippen molar-refractivity contribution in [3.05, 3.63) is 46.3 Å². The van der Waals surface area contributed by atoms with Gasteiger partial charge >= 0.3 is 0 Å². The largest absolute Gasteiger partial charge is 0.489 e. The zero-order valence-corrected chi connectivity index (χ0v) is 18.5. The van der Waals surface area contributed by atoms with Crippen LogP contribution in [0.3, 0.4) is 0 Å². The van der Waals surface area contributed by atoms with E-state index in [1.165, 1.54) is 16.5 Å². The van der Waals surface area contributed by atoms with Gasteiger partial charge in [-0.15, -0.1) is 11.3 Å². The summed E-state index contributed by atoms with van der Waals surface area (Å²) in [6, 6.07) is 6.47. The van der Waals surface area contributed by atoms with E-state index in [4.69, 9.17) is 19.4 Å². The van der Waals surface area contributed by atoms with E-state index in [1.807, 2.05) is 7.05 Å². The molecule has 0 radical (unpaired) electrons. The van der Waals surface area contributed by atoms with Gasteiger partial charge in [0.25, 0.3) is 0 Å². The fraction of sp³-hybridized carbons (Fsp3) is 0.455. The zero-order chi connectivity index (χ0) is 21.1. The molecule has 1 fully saturated rings. The second-order valence-electron chi connectivity index (χ2n) is 7.52. The standard InChI is InChI=1S/C22H27FN4O2S/c1-15-16(2)30-22-20(15)21(24-19(25-22)14-27-9-11-28-12-10-27)26(3)8-13-29-18-7-5-4-6-17(18)23/h4-7H,8-14H2,1-3H3. The number of hydrogen-bond donors (Lipinski definition) is 0. The van der Waals surface area contributed by atoms with Gasteiger partial charge in [0.1, 0.15) is 23.1 Å². The molecule has 8 heteroatoms. The summed E-state index contributed by atoms with van der Waals surface area (Å²) in [6.07, 6.45) is 0. The van der Waals surface area contributed by atoms with Crippen LogP contribution in [0.15, 0.2) is 24.3 Å². The van der Waals surface area contributed by atoms with Gasteiger partial charge in [0, 0.05) is 25.0 Å². The zero-order valence-electron chi connectivity index (χ0n) is 17.7. The van der Waals surface area contributed by atoms with E-state index in [2.05, 4.69) is 23.6 Å². The highest BCUT2D eigenvalue weighted by atomic mass is 32.1. The van der Waals surface area contributed by atoms with Crippen molar-refractivity contribution in [1.29, 1.82) is 0 Å². The molecule has 30 heavy (non-hydrogen) atoms. The summed E-state index contributed by atoms with van der Waals surface area (Å²) >= 11 is 1.71. The maximum atomic E-state index is 13.8. The molecule has 0 amide bonds. The predicted molar refractivity (Wildman–Crippen MR) is 118 cm³/mol. The normalized spacial score (nSPS) is 14.9. The van der Waals surface area contributed by atoms with E-state index < -0.39 is 0 Å². The smallest absolute Gasteiger partial charge is 0.165 e. The third-order valence-electron chi connectivity index (χ3n) is 5.41.